The second-order valence-corrected chi connectivity index (χ2v) is 10.4. The maximum absolute atomic E-state index is 12.8. The largest absolute Gasteiger partial charge is 0.486 e. The van der Waals surface area contributed by atoms with Crippen LogP contribution in [0.5, 0.6) is 5.75 Å². The van der Waals surface area contributed by atoms with Gasteiger partial charge in [-0.05, 0) is 68.4 Å². The lowest BCUT2D eigenvalue weighted by atomic mass is 9.93. The molecule has 1 aromatic carbocycles. The quantitative estimate of drug-likeness (QED) is 0.339. The summed E-state index contributed by atoms with van der Waals surface area (Å²) in [6.07, 6.45) is 7.34. The third-order valence-corrected chi connectivity index (χ3v) is 7.57. The molecule has 9 heteroatoms. The van der Waals surface area contributed by atoms with Crippen molar-refractivity contribution < 1.29 is 19.1 Å². The van der Waals surface area contributed by atoms with E-state index in [-0.39, 0.29) is 12.2 Å². The minimum absolute atomic E-state index is 0.0693. The highest BCUT2D eigenvalue weighted by Crippen LogP contribution is 2.27. The van der Waals surface area contributed by atoms with E-state index >= 15 is 0 Å². The Morgan fingerprint density at radius 3 is 2.92 bits per heavy atom. The first-order valence-corrected chi connectivity index (χ1v) is 13.3. The van der Waals surface area contributed by atoms with Gasteiger partial charge in [-0.2, -0.15) is 0 Å². The summed E-state index contributed by atoms with van der Waals surface area (Å²) in [7, 11) is 0. The van der Waals surface area contributed by atoms with Gasteiger partial charge in [0.1, 0.15) is 18.2 Å². The minimum Gasteiger partial charge on any atom is -0.486 e. The van der Waals surface area contributed by atoms with E-state index in [0.717, 1.165) is 49.6 Å². The van der Waals surface area contributed by atoms with Crippen LogP contribution in [0, 0.1) is 6.92 Å². The number of halogens is 1. The second kappa shape index (κ2) is 11.6. The number of carbonyl (C=O) groups is 1. The number of aliphatic hydroxyl groups excluding tert-OH is 1. The number of carbonyl (C=O) groups excluding carboxylic acids is 1. The van der Waals surface area contributed by atoms with Crippen LogP contribution in [0.25, 0.3) is 0 Å². The Hall–Kier alpha value is -2.94. The van der Waals surface area contributed by atoms with Crippen LogP contribution in [0.4, 0.5) is 5.82 Å². The van der Waals surface area contributed by atoms with E-state index in [1.807, 2.05) is 13.0 Å². The lowest BCUT2D eigenvalue weighted by Crippen LogP contribution is -2.36. The fraction of sp³-hybridized carbons (Fsp3) is 0.464. The topological polar surface area (TPSA) is 101 Å². The number of hydrogen-bond acceptors (Lipinski definition) is 8. The molecule has 8 nitrogen and oxygen atoms in total. The van der Waals surface area contributed by atoms with Gasteiger partial charge in [0, 0.05) is 43.9 Å². The molecular weight excluding hydrogens is 492 g/mol. The Morgan fingerprint density at radius 2 is 2.16 bits per heavy atom. The molecular formula is C28H33ClN4O4. The van der Waals surface area contributed by atoms with Gasteiger partial charge in [0.25, 0.3) is 0 Å². The number of aryl methyl sites for hydroxylation is 1. The number of Topliss-reactive ketones (excluding diaryl/α,β-unsaturated/α-hetero) is 1. The van der Waals surface area contributed by atoms with Gasteiger partial charge < -0.3 is 19.6 Å². The molecule has 0 radical (unpaired) electrons. The molecule has 0 amide bonds. The number of nitrogens with one attached hydrogen (secondary N) is 1. The molecule has 1 aliphatic heterocycles. The highest BCUT2D eigenvalue weighted by Gasteiger charge is 2.22. The summed E-state index contributed by atoms with van der Waals surface area (Å²) >= 11 is 6.26. The van der Waals surface area contributed by atoms with Gasteiger partial charge in [-0.1, -0.05) is 17.7 Å². The monoisotopic (exact) mass is 524 g/mol. The standard InChI is InChI=1S/C28H33ClN4O4/c1-18-27(37-17-31-18)16-36-23-7-5-20-14-33(10-9-19(20)11-23)15-22(34)6-8-26(35)24-12-28(30-13-25(24)29)32-21-3-2-4-21/h5,7,11-13,17,21-22,34H,2-4,6,8-10,14-16H2,1H3,(H,30,32)/t22-/m0/s1. The number of aromatic nitrogens is 2. The first-order chi connectivity index (χ1) is 17.9. The third-order valence-electron chi connectivity index (χ3n) is 7.27. The number of nitrogens with zero attached hydrogens (tertiary/aromatic N) is 3. The first-order valence-electron chi connectivity index (χ1n) is 12.9. The molecule has 37 heavy (non-hydrogen) atoms. The fourth-order valence-electron chi connectivity index (χ4n) is 4.76. The third kappa shape index (κ3) is 6.50. The number of oxazole rings is 1. The lowest BCUT2D eigenvalue weighted by Gasteiger charge is -2.30. The number of ether oxygens (including phenoxy) is 1. The normalized spacial score (nSPS) is 16.6. The number of fused-ring (bicyclic) bond motifs is 1. The number of aliphatic hydroxyl groups is 1. The van der Waals surface area contributed by atoms with Gasteiger partial charge in [0.05, 0.1) is 16.8 Å². The van der Waals surface area contributed by atoms with Gasteiger partial charge >= 0.3 is 0 Å². The van der Waals surface area contributed by atoms with E-state index in [4.69, 9.17) is 20.8 Å². The summed E-state index contributed by atoms with van der Waals surface area (Å²) in [6.45, 7) is 4.37. The maximum atomic E-state index is 12.8. The summed E-state index contributed by atoms with van der Waals surface area (Å²) < 4.78 is 11.2. The zero-order valence-electron chi connectivity index (χ0n) is 21.1. The molecule has 2 aromatic heterocycles. The molecule has 1 atom stereocenters. The van der Waals surface area contributed by atoms with E-state index in [9.17, 15) is 9.90 Å². The molecule has 0 spiro atoms. The molecule has 0 saturated heterocycles. The SMILES string of the molecule is Cc1ncoc1COc1ccc2c(c1)CCN(C[C@@H](O)CCC(=O)c1cc(NC3CCC3)ncc1Cl)C2. The van der Waals surface area contributed by atoms with Crippen molar-refractivity contribution in [2.24, 2.45) is 0 Å². The smallest absolute Gasteiger partial charge is 0.181 e. The first kappa shape index (κ1) is 25.7. The van der Waals surface area contributed by atoms with Crippen LogP contribution < -0.4 is 10.1 Å². The zero-order valence-corrected chi connectivity index (χ0v) is 21.8. The Kier molecular flexibility index (Phi) is 8.08. The zero-order chi connectivity index (χ0) is 25.8. The van der Waals surface area contributed by atoms with Crippen LogP contribution in [0.1, 0.15) is 65.0 Å². The van der Waals surface area contributed by atoms with E-state index in [1.54, 1.807) is 6.07 Å². The van der Waals surface area contributed by atoms with Gasteiger partial charge in [-0.25, -0.2) is 9.97 Å². The lowest BCUT2D eigenvalue weighted by molar-refractivity contribution is 0.0836. The molecule has 0 bridgehead atoms. The van der Waals surface area contributed by atoms with Crippen molar-refractivity contribution in [3.05, 3.63) is 70.0 Å². The van der Waals surface area contributed by atoms with Gasteiger partial charge in [-0.3, -0.25) is 9.69 Å². The summed E-state index contributed by atoms with van der Waals surface area (Å²) in [5.41, 5.74) is 3.79. The number of rotatable bonds is 11. The van der Waals surface area contributed by atoms with Gasteiger partial charge in [0.15, 0.2) is 17.9 Å². The Morgan fingerprint density at radius 1 is 1.30 bits per heavy atom. The van der Waals surface area contributed by atoms with Crippen LogP contribution in [0.2, 0.25) is 5.02 Å². The van der Waals surface area contributed by atoms with Crippen molar-refractivity contribution in [3.63, 3.8) is 0 Å². The average molecular weight is 525 g/mol. The fourth-order valence-corrected chi connectivity index (χ4v) is 4.97. The van der Waals surface area contributed by atoms with Crippen molar-refractivity contribution in [1.29, 1.82) is 0 Å². The number of benzene rings is 1. The van der Waals surface area contributed by atoms with E-state index in [2.05, 4.69) is 32.3 Å². The highest BCUT2D eigenvalue weighted by atomic mass is 35.5. The predicted octanol–water partition coefficient (Wildman–Crippen LogP) is 4.96. The molecule has 196 valence electrons. The summed E-state index contributed by atoms with van der Waals surface area (Å²) in [4.78, 5) is 23.5. The molecule has 1 aliphatic carbocycles. The molecule has 5 rings (SSSR count). The number of ketones is 1. The predicted molar refractivity (Wildman–Crippen MR) is 141 cm³/mol. The van der Waals surface area contributed by atoms with Gasteiger partial charge in [0.2, 0.25) is 0 Å². The number of β-amino-alcohol motifs (C(OH)–C–C–N with tert-alkyl or cyclic N) is 1. The highest BCUT2D eigenvalue weighted by molar-refractivity contribution is 6.33. The summed E-state index contributed by atoms with van der Waals surface area (Å²) in [6, 6.07) is 8.30. The van der Waals surface area contributed by atoms with Gasteiger partial charge in [-0.15, -0.1) is 0 Å². The van der Waals surface area contributed by atoms with E-state index in [0.29, 0.717) is 42.0 Å². The molecule has 2 aliphatic rings. The molecule has 2 N–H and O–H groups in total. The molecule has 3 heterocycles. The number of hydrogen-bond donors (Lipinski definition) is 2. The Bertz CT molecular complexity index is 1240. The van der Waals surface area contributed by atoms with Crippen molar-refractivity contribution in [3.8, 4) is 5.75 Å². The van der Waals surface area contributed by atoms with Crippen molar-refractivity contribution in [2.45, 2.75) is 70.7 Å². The van der Waals surface area contributed by atoms with Crippen LogP contribution in [-0.4, -0.2) is 51.0 Å². The van der Waals surface area contributed by atoms with Crippen LogP contribution in [0.15, 0.2) is 41.3 Å². The summed E-state index contributed by atoms with van der Waals surface area (Å²) in [5.74, 6) is 2.16. The number of pyridine rings is 1. The maximum Gasteiger partial charge on any atom is 0.181 e. The van der Waals surface area contributed by atoms with Crippen molar-refractivity contribution >= 4 is 23.2 Å². The van der Waals surface area contributed by atoms with E-state index < -0.39 is 6.10 Å². The van der Waals surface area contributed by atoms with E-state index in [1.165, 1.54) is 30.1 Å². The van der Waals surface area contributed by atoms with Crippen molar-refractivity contribution in [1.82, 2.24) is 14.9 Å². The van der Waals surface area contributed by atoms with Crippen molar-refractivity contribution in [2.75, 3.05) is 18.4 Å². The summed E-state index contributed by atoms with van der Waals surface area (Å²) in [5, 5.41) is 14.4. The number of anilines is 1. The second-order valence-electron chi connectivity index (χ2n) is 10.0. The molecule has 1 saturated carbocycles. The van der Waals surface area contributed by atoms with Crippen LogP contribution >= 0.6 is 11.6 Å². The van der Waals surface area contributed by atoms with Crippen LogP contribution in [-0.2, 0) is 19.6 Å². The molecule has 1 fully saturated rings. The minimum atomic E-state index is -0.591. The molecule has 3 aromatic rings. The Balaban J connectivity index is 1.09. The van der Waals surface area contributed by atoms with Crippen LogP contribution in [0.3, 0.4) is 0 Å². The molecule has 0 unspecified atom stereocenters. The Labute approximate surface area is 222 Å². The average Bonchev–Trinajstić information content (AvgIpc) is 3.28.